The molecule has 0 aliphatic rings. The molecule has 0 atom stereocenters. The molecule has 0 N–H and O–H groups in total. The molecular weight excluding hydrogens is 200 g/mol. The maximum atomic E-state index is 9.50. The molecule has 0 spiro atoms. The first-order valence-electron chi connectivity index (χ1n) is 2.02. The van der Waals surface area contributed by atoms with Gasteiger partial charge < -0.3 is 19.8 Å². The van der Waals surface area contributed by atoms with Crippen LogP contribution in [-0.4, -0.2) is 57.4 Å². The van der Waals surface area contributed by atoms with Gasteiger partial charge in [0, 0.05) is 11.9 Å². The predicted molar refractivity (Wildman–Crippen MR) is 25.0 cm³/mol. The van der Waals surface area contributed by atoms with Gasteiger partial charge in [-0.05, 0) is 12.8 Å². The van der Waals surface area contributed by atoms with E-state index in [9.17, 15) is 19.8 Å². The Balaban J connectivity index is 0. The largest absolute Gasteiger partial charge is 2.00 e. The van der Waals surface area contributed by atoms with Crippen LogP contribution in [0.3, 0.4) is 0 Å². The van der Waals surface area contributed by atoms with E-state index in [1.165, 1.54) is 0 Å². The number of carboxylic acids is 2. The average molecular weight is 204 g/mol. The van der Waals surface area contributed by atoms with Gasteiger partial charge >= 0.3 is 45.5 Å². The number of carbonyl (C=O) groups excluding carboxylic acids is 2. The molecule has 0 saturated carbocycles. The summed E-state index contributed by atoms with van der Waals surface area (Å²) in [6.07, 6.45) is -0.940. The van der Waals surface area contributed by atoms with E-state index < -0.39 is 24.8 Å². The van der Waals surface area contributed by atoms with Crippen LogP contribution >= 0.6 is 0 Å². The smallest absolute Gasteiger partial charge is 0.550 e. The Morgan fingerprint density at radius 2 is 1.22 bits per heavy atom. The molecule has 9 heavy (non-hydrogen) atoms. The molecule has 0 aliphatic heterocycles. The molecule has 0 aromatic rings. The van der Waals surface area contributed by atoms with Gasteiger partial charge in [0.15, 0.2) is 0 Å². The van der Waals surface area contributed by atoms with E-state index in [-0.39, 0.29) is 45.5 Å². The zero-order chi connectivity index (χ0) is 6.57. The first-order valence-corrected chi connectivity index (χ1v) is 2.02. The summed E-state index contributed by atoms with van der Waals surface area (Å²) in [5.41, 5.74) is 0. The number of hydrogen-bond donors (Lipinski definition) is 0. The van der Waals surface area contributed by atoms with Crippen LogP contribution in [0, 0.1) is 0 Å². The normalized spacial score (nSPS) is 7.56. The second-order valence-corrected chi connectivity index (χ2v) is 1.24. The predicted octanol–water partition coefficient (Wildman–Crippen LogP) is -3.11. The molecule has 0 aromatic carbocycles. The Morgan fingerprint density at radius 1 is 1.00 bits per heavy atom. The molecule has 0 radical (unpaired) electrons. The molecule has 5 heteroatoms. The molecule has 0 aromatic heterocycles. The van der Waals surface area contributed by atoms with Crippen molar-refractivity contribution in [3.05, 3.63) is 0 Å². The second kappa shape index (κ2) is 6.54. The van der Waals surface area contributed by atoms with Crippen molar-refractivity contribution in [3.63, 3.8) is 0 Å². The molecule has 0 saturated heterocycles. The molecule has 0 aliphatic carbocycles. The Hall–Kier alpha value is 0.421. The zero-order valence-corrected chi connectivity index (χ0v) is 8.23. The summed E-state index contributed by atoms with van der Waals surface area (Å²) in [6, 6.07) is 0. The van der Waals surface area contributed by atoms with Gasteiger partial charge in [0.1, 0.15) is 0 Å². The molecule has 0 rings (SSSR count). The maximum absolute atomic E-state index is 9.50. The number of carbonyl (C=O) groups is 2. The summed E-state index contributed by atoms with van der Waals surface area (Å²) in [5, 5.41) is 19.0. The quantitative estimate of drug-likeness (QED) is 0.455. The van der Waals surface area contributed by atoms with E-state index >= 15 is 0 Å². The summed E-state index contributed by atoms with van der Waals surface area (Å²) < 4.78 is 0. The first kappa shape index (κ1) is 12.1. The van der Waals surface area contributed by atoms with Gasteiger partial charge in [-0.1, -0.05) is 0 Å². The second-order valence-electron chi connectivity index (χ2n) is 1.24. The van der Waals surface area contributed by atoms with Crippen molar-refractivity contribution < 1.29 is 19.8 Å². The summed E-state index contributed by atoms with van der Waals surface area (Å²) in [7, 11) is 0. The standard InChI is InChI=1S/C4H6O4.Sr/c5-3(6)1-2-4(7)8;/h1-2H2,(H,5,6)(H,7,8);/q;+2/p-2. The van der Waals surface area contributed by atoms with Crippen molar-refractivity contribution in [1.29, 1.82) is 0 Å². The topological polar surface area (TPSA) is 80.3 Å². The van der Waals surface area contributed by atoms with Gasteiger partial charge in [0.05, 0.1) is 0 Å². The SMILES string of the molecule is O=C([O-])CCC(=O)[O-].[Sr+2]. The van der Waals surface area contributed by atoms with Crippen LogP contribution in [0.15, 0.2) is 0 Å². The fourth-order valence-corrected chi connectivity index (χ4v) is 0.204. The maximum Gasteiger partial charge on any atom is 2.00 e. The molecule has 0 heterocycles. The van der Waals surface area contributed by atoms with Crippen LogP contribution in [0.5, 0.6) is 0 Å². The first-order chi connectivity index (χ1) is 3.63. The Bertz CT molecular complexity index is 97.1. The van der Waals surface area contributed by atoms with Crippen molar-refractivity contribution in [1.82, 2.24) is 0 Å². The van der Waals surface area contributed by atoms with E-state index in [2.05, 4.69) is 0 Å². The van der Waals surface area contributed by atoms with Crippen LogP contribution in [0.4, 0.5) is 0 Å². The van der Waals surface area contributed by atoms with E-state index in [0.29, 0.717) is 0 Å². The fraction of sp³-hybridized carbons (Fsp3) is 0.500. The van der Waals surface area contributed by atoms with Gasteiger partial charge in [0.25, 0.3) is 0 Å². The van der Waals surface area contributed by atoms with Crippen LogP contribution in [-0.2, 0) is 9.59 Å². The van der Waals surface area contributed by atoms with Crippen molar-refractivity contribution in [2.45, 2.75) is 12.8 Å². The van der Waals surface area contributed by atoms with Gasteiger partial charge in [-0.25, -0.2) is 0 Å². The van der Waals surface area contributed by atoms with E-state index in [4.69, 9.17) is 0 Å². The van der Waals surface area contributed by atoms with Gasteiger partial charge in [-0.3, -0.25) is 0 Å². The van der Waals surface area contributed by atoms with Gasteiger partial charge in [0.2, 0.25) is 0 Å². The zero-order valence-electron chi connectivity index (χ0n) is 4.75. The summed E-state index contributed by atoms with van der Waals surface area (Å²) in [5.74, 6) is -2.73. The van der Waals surface area contributed by atoms with Crippen LogP contribution in [0.1, 0.15) is 12.8 Å². The number of rotatable bonds is 3. The molecule has 0 fully saturated rings. The molecule has 46 valence electrons. The molecule has 0 bridgehead atoms. The number of aliphatic carboxylic acids is 2. The third kappa shape index (κ3) is 11.8. The molecule has 0 unspecified atom stereocenters. The minimum atomic E-state index is -1.37. The minimum absolute atomic E-state index is 0. The Morgan fingerprint density at radius 3 is 1.33 bits per heavy atom. The summed E-state index contributed by atoms with van der Waals surface area (Å²) >= 11 is 0. The van der Waals surface area contributed by atoms with Crippen molar-refractivity contribution in [3.8, 4) is 0 Å². The van der Waals surface area contributed by atoms with Crippen LogP contribution in [0.2, 0.25) is 0 Å². The van der Waals surface area contributed by atoms with Crippen molar-refractivity contribution in [2.75, 3.05) is 0 Å². The van der Waals surface area contributed by atoms with Crippen molar-refractivity contribution in [2.24, 2.45) is 0 Å². The van der Waals surface area contributed by atoms with Gasteiger partial charge in [-0.15, -0.1) is 0 Å². The van der Waals surface area contributed by atoms with Crippen LogP contribution < -0.4 is 10.2 Å². The number of hydrogen-bond acceptors (Lipinski definition) is 4. The molecular formula is C4H4O4Sr. The summed E-state index contributed by atoms with van der Waals surface area (Å²) in [4.78, 5) is 19.0. The Kier molecular flexibility index (Phi) is 8.81. The van der Waals surface area contributed by atoms with E-state index in [1.54, 1.807) is 0 Å². The fourth-order valence-electron chi connectivity index (χ4n) is 0.204. The summed E-state index contributed by atoms with van der Waals surface area (Å²) in [6.45, 7) is 0. The third-order valence-corrected chi connectivity index (χ3v) is 0.533. The van der Waals surface area contributed by atoms with E-state index in [1.807, 2.05) is 0 Å². The Labute approximate surface area is 89.1 Å². The molecule has 0 amide bonds. The molecule has 4 nitrogen and oxygen atoms in total. The average Bonchev–Trinajstić information content (AvgIpc) is 1.61. The van der Waals surface area contributed by atoms with E-state index in [0.717, 1.165) is 0 Å². The third-order valence-electron chi connectivity index (χ3n) is 0.533. The minimum Gasteiger partial charge on any atom is -0.550 e. The monoisotopic (exact) mass is 204 g/mol. The van der Waals surface area contributed by atoms with Crippen LogP contribution in [0.25, 0.3) is 0 Å². The van der Waals surface area contributed by atoms with Gasteiger partial charge in [-0.2, -0.15) is 0 Å². The number of carboxylic acid groups (broad SMARTS) is 2. The van der Waals surface area contributed by atoms with Crippen molar-refractivity contribution >= 4 is 57.4 Å².